The lowest BCUT2D eigenvalue weighted by Crippen LogP contribution is -2.51. The van der Waals surface area contributed by atoms with Gasteiger partial charge in [0.2, 0.25) is 0 Å². The van der Waals surface area contributed by atoms with Gasteiger partial charge >= 0.3 is 0 Å². The van der Waals surface area contributed by atoms with Crippen LogP contribution in [0, 0.1) is 0 Å². The zero-order valence-electron chi connectivity index (χ0n) is 13.6. The first-order chi connectivity index (χ1) is 9.95. The fourth-order valence-electron chi connectivity index (χ4n) is 2.82. The van der Waals surface area contributed by atoms with Crippen molar-refractivity contribution in [3.8, 4) is 5.75 Å². The number of hydrogen-bond acceptors (Lipinski definition) is 4. The van der Waals surface area contributed by atoms with Crippen molar-refractivity contribution in [1.29, 1.82) is 0 Å². The number of nitrogens with zero attached hydrogens (tertiary/aromatic N) is 2. The summed E-state index contributed by atoms with van der Waals surface area (Å²) in [7, 11) is 2.15. The van der Waals surface area contributed by atoms with Gasteiger partial charge in [0.05, 0.1) is 12.2 Å². The van der Waals surface area contributed by atoms with Crippen molar-refractivity contribution >= 4 is 0 Å². The summed E-state index contributed by atoms with van der Waals surface area (Å²) in [5, 5.41) is 10.4. The molecule has 21 heavy (non-hydrogen) atoms. The number of hydrogen-bond donors (Lipinski definition) is 1. The Hall–Kier alpha value is -1.10. The van der Waals surface area contributed by atoms with E-state index in [9.17, 15) is 5.11 Å². The predicted molar refractivity (Wildman–Crippen MR) is 85.7 cm³/mol. The van der Waals surface area contributed by atoms with Gasteiger partial charge in [0.25, 0.3) is 0 Å². The average Bonchev–Trinajstić information content (AvgIpc) is 2.42. The molecule has 2 rings (SSSR count). The van der Waals surface area contributed by atoms with Gasteiger partial charge in [-0.3, -0.25) is 4.90 Å². The molecule has 0 radical (unpaired) electrons. The minimum Gasteiger partial charge on any atom is -0.491 e. The molecule has 0 amide bonds. The first-order valence-electron chi connectivity index (χ1n) is 7.83. The van der Waals surface area contributed by atoms with Gasteiger partial charge in [0, 0.05) is 32.2 Å². The Morgan fingerprint density at radius 2 is 1.90 bits per heavy atom. The first-order valence-corrected chi connectivity index (χ1v) is 7.83. The van der Waals surface area contributed by atoms with E-state index in [0.29, 0.717) is 12.6 Å². The van der Waals surface area contributed by atoms with Crippen LogP contribution in [0.3, 0.4) is 0 Å². The molecule has 1 aromatic rings. The molecule has 1 fully saturated rings. The number of benzene rings is 1. The van der Waals surface area contributed by atoms with Gasteiger partial charge in [-0.05, 0) is 45.5 Å². The minimum atomic E-state index is -0.441. The maximum atomic E-state index is 10.4. The van der Waals surface area contributed by atoms with E-state index in [1.807, 2.05) is 38.1 Å². The van der Waals surface area contributed by atoms with Crippen LogP contribution in [0.25, 0.3) is 0 Å². The number of piperazine rings is 1. The summed E-state index contributed by atoms with van der Waals surface area (Å²) in [5.41, 5.74) is 0.956. The summed E-state index contributed by atoms with van der Waals surface area (Å²) in [5.74, 6) is 0.855. The third-order valence-corrected chi connectivity index (χ3v) is 4.01. The molecular formula is C17H28N2O2. The van der Waals surface area contributed by atoms with E-state index < -0.39 is 6.10 Å². The van der Waals surface area contributed by atoms with Gasteiger partial charge in [-0.1, -0.05) is 12.1 Å². The van der Waals surface area contributed by atoms with E-state index >= 15 is 0 Å². The quantitative estimate of drug-likeness (QED) is 0.902. The van der Waals surface area contributed by atoms with Crippen LogP contribution in [0.5, 0.6) is 5.75 Å². The molecule has 0 saturated carbocycles. The molecule has 0 bridgehead atoms. The van der Waals surface area contributed by atoms with Crippen molar-refractivity contribution in [2.24, 2.45) is 0 Å². The lowest BCUT2D eigenvalue weighted by atomic mass is 10.1. The molecule has 0 aromatic heterocycles. The summed E-state index contributed by atoms with van der Waals surface area (Å²) < 4.78 is 5.63. The van der Waals surface area contributed by atoms with Crippen LogP contribution in [-0.4, -0.2) is 60.3 Å². The highest BCUT2D eigenvalue weighted by Gasteiger charge is 2.23. The number of likely N-dealkylation sites (N-methyl/N-ethyl adjacent to an activating group) is 1. The molecule has 1 aromatic carbocycles. The van der Waals surface area contributed by atoms with Gasteiger partial charge < -0.3 is 14.7 Å². The summed E-state index contributed by atoms with van der Waals surface area (Å²) in [6.07, 6.45) is -0.268. The molecule has 118 valence electrons. The van der Waals surface area contributed by atoms with Gasteiger partial charge in [0.15, 0.2) is 0 Å². The van der Waals surface area contributed by atoms with Crippen molar-refractivity contribution < 1.29 is 9.84 Å². The van der Waals surface area contributed by atoms with E-state index in [4.69, 9.17) is 4.74 Å². The van der Waals surface area contributed by atoms with E-state index in [2.05, 4.69) is 23.8 Å². The molecule has 1 aliphatic heterocycles. The van der Waals surface area contributed by atoms with Crippen LogP contribution in [-0.2, 0) is 0 Å². The maximum absolute atomic E-state index is 10.4. The molecular weight excluding hydrogens is 264 g/mol. The highest BCUT2D eigenvalue weighted by molar-refractivity contribution is 5.28. The SMILES string of the molecule is CC(C)Oc1ccc(C(O)CN2CCN(C)CC2C)cc1. The Balaban J connectivity index is 1.92. The van der Waals surface area contributed by atoms with Crippen LogP contribution in [0.15, 0.2) is 24.3 Å². The number of β-amino-alcohol motifs (C(OH)–C–C–N with tert-alkyl or cyclic N) is 1. The van der Waals surface area contributed by atoms with E-state index in [0.717, 1.165) is 30.9 Å². The Labute approximate surface area is 128 Å². The van der Waals surface area contributed by atoms with Crippen molar-refractivity contribution in [1.82, 2.24) is 9.80 Å². The zero-order chi connectivity index (χ0) is 15.4. The van der Waals surface area contributed by atoms with Crippen LogP contribution in [0.1, 0.15) is 32.4 Å². The van der Waals surface area contributed by atoms with Gasteiger partial charge in [-0.2, -0.15) is 0 Å². The molecule has 2 atom stereocenters. The monoisotopic (exact) mass is 292 g/mol. The van der Waals surface area contributed by atoms with Gasteiger partial charge in [0.1, 0.15) is 5.75 Å². The van der Waals surface area contributed by atoms with Crippen LogP contribution < -0.4 is 4.74 Å². The van der Waals surface area contributed by atoms with Gasteiger partial charge in [-0.25, -0.2) is 0 Å². The van der Waals surface area contributed by atoms with Crippen molar-refractivity contribution in [3.05, 3.63) is 29.8 Å². The first kappa shape index (κ1) is 16.3. The Morgan fingerprint density at radius 1 is 1.24 bits per heavy atom. The lowest BCUT2D eigenvalue weighted by Gasteiger charge is -2.39. The maximum Gasteiger partial charge on any atom is 0.119 e. The molecule has 1 heterocycles. The Kier molecular flexibility index (Phi) is 5.62. The van der Waals surface area contributed by atoms with Crippen LogP contribution >= 0.6 is 0 Å². The van der Waals surface area contributed by atoms with Crippen LogP contribution in [0.2, 0.25) is 0 Å². The van der Waals surface area contributed by atoms with Crippen molar-refractivity contribution in [3.63, 3.8) is 0 Å². The summed E-state index contributed by atoms with van der Waals surface area (Å²) in [6, 6.07) is 8.28. The number of rotatable bonds is 5. The highest BCUT2D eigenvalue weighted by atomic mass is 16.5. The molecule has 1 N–H and O–H groups in total. The normalized spacial score (nSPS) is 22.5. The van der Waals surface area contributed by atoms with Crippen molar-refractivity contribution in [2.45, 2.75) is 39.0 Å². The topological polar surface area (TPSA) is 35.9 Å². The summed E-state index contributed by atoms with van der Waals surface area (Å²) in [6.45, 7) is 10.1. The second kappa shape index (κ2) is 7.25. The van der Waals surface area contributed by atoms with E-state index in [-0.39, 0.29) is 6.10 Å². The lowest BCUT2D eigenvalue weighted by molar-refractivity contribution is 0.0474. The summed E-state index contributed by atoms with van der Waals surface area (Å²) in [4.78, 5) is 4.70. The summed E-state index contributed by atoms with van der Waals surface area (Å²) >= 11 is 0. The second-order valence-electron chi connectivity index (χ2n) is 6.36. The largest absolute Gasteiger partial charge is 0.491 e. The smallest absolute Gasteiger partial charge is 0.119 e. The standard InChI is InChI=1S/C17H28N2O2/c1-13(2)21-16-7-5-15(6-8-16)17(20)12-19-10-9-18(4)11-14(19)3/h5-8,13-14,17,20H,9-12H2,1-4H3. The predicted octanol–water partition coefficient (Wildman–Crippen LogP) is 2.14. The highest BCUT2D eigenvalue weighted by Crippen LogP contribution is 2.21. The van der Waals surface area contributed by atoms with Crippen molar-refractivity contribution in [2.75, 3.05) is 33.2 Å². The number of aliphatic hydroxyl groups is 1. The third-order valence-electron chi connectivity index (χ3n) is 4.01. The molecule has 4 heteroatoms. The second-order valence-corrected chi connectivity index (χ2v) is 6.36. The molecule has 1 saturated heterocycles. The number of ether oxygens (including phenoxy) is 1. The molecule has 0 spiro atoms. The molecule has 0 aliphatic carbocycles. The molecule has 2 unspecified atom stereocenters. The average molecular weight is 292 g/mol. The Morgan fingerprint density at radius 3 is 2.48 bits per heavy atom. The fourth-order valence-corrected chi connectivity index (χ4v) is 2.82. The molecule has 4 nitrogen and oxygen atoms in total. The van der Waals surface area contributed by atoms with Crippen LogP contribution in [0.4, 0.5) is 0 Å². The fraction of sp³-hybridized carbons (Fsp3) is 0.647. The Bertz CT molecular complexity index is 433. The zero-order valence-corrected chi connectivity index (χ0v) is 13.6. The number of aliphatic hydroxyl groups excluding tert-OH is 1. The molecule has 1 aliphatic rings. The van der Waals surface area contributed by atoms with E-state index in [1.165, 1.54) is 0 Å². The minimum absolute atomic E-state index is 0.173. The van der Waals surface area contributed by atoms with Gasteiger partial charge in [-0.15, -0.1) is 0 Å². The van der Waals surface area contributed by atoms with E-state index in [1.54, 1.807) is 0 Å². The third kappa shape index (κ3) is 4.70.